The van der Waals surface area contributed by atoms with Crippen molar-refractivity contribution in [3.8, 4) is 34.5 Å². The van der Waals surface area contributed by atoms with Crippen molar-refractivity contribution >= 4 is 39.8 Å². The number of rotatable bonds is 5. The van der Waals surface area contributed by atoms with Crippen LogP contribution in [0.15, 0.2) is 54.3 Å². The minimum atomic E-state index is -2.10. The molecule has 0 saturated carbocycles. The van der Waals surface area contributed by atoms with Gasteiger partial charge in [-0.25, -0.2) is 0 Å². The third kappa shape index (κ3) is 13.2. The van der Waals surface area contributed by atoms with Crippen LogP contribution in [-0.4, -0.2) is 147 Å². The largest absolute Gasteiger partial charge is 0.507 e. The highest BCUT2D eigenvalue weighted by molar-refractivity contribution is 6.22. The van der Waals surface area contributed by atoms with Crippen molar-refractivity contribution < 1.29 is 87.3 Å². The minimum Gasteiger partial charge on any atom is -0.507 e. The fraction of sp³-hybridized carbons (Fsp3) is 0.537. The molecule has 20 heteroatoms. The Morgan fingerprint density at radius 2 is 1.39 bits per heavy atom. The van der Waals surface area contributed by atoms with Gasteiger partial charge in [0, 0.05) is 85.0 Å². The second kappa shape index (κ2) is 25.9. The first kappa shape index (κ1) is 57.2. The van der Waals surface area contributed by atoms with Gasteiger partial charge in [0.15, 0.2) is 17.2 Å². The number of methoxy groups -OCH3 is 1. The highest BCUT2D eigenvalue weighted by atomic mass is 16.7. The standard InChI is InChI=1S/C54H72N2O18/c1-29-11-10-12-30(2)53(64)56-44-37(28-55-36-13-14-39-40(27-36)71-26-24-69-22-20-67-18-17-66-19-21-68-23-25-70-39)48(61)41-42(49(44)62)47(60)34(6)51-43(41)52(63)54(8,74-51)72-16-15-38(65-9)31(3)50(73-35(7)57)33(5)46(59)32(4)45(29)58/h10-16,27,29,31-33,38,45-46,50,55,58-62H,17-26,28H2,1-9H3,(H,56,64)/b11-10+,16-15+,30-12-/t29-,31+,32+,33+,38-,45-,46+,50+,54-/m0/s1. The summed E-state index contributed by atoms with van der Waals surface area (Å²) in [5, 5.41) is 64.9. The van der Waals surface area contributed by atoms with Gasteiger partial charge in [-0.1, -0.05) is 45.9 Å². The number of ketones is 1. The van der Waals surface area contributed by atoms with Crippen molar-refractivity contribution in [3.05, 3.63) is 71.0 Å². The van der Waals surface area contributed by atoms with Gasteiger partial charge in [0.1, 0.15) is 36.6 Å². The van der Waals surface area contributed by atoms with Crippen molar-refractivity contribution in [1.82, 2.24) is 0 Å². The number of carbonyl (C=O) groups is 3. The first-order chi connectivity index (χ1) is 35.3. The number of allylic oxidation sites excluding steroid dienone is 2. The molecule has 0 aliphatic carbocycles. The number of phenols is 3. The van der Waals surface area contributed by atoms with Gasteiger partial charge in [-0.2, -0.15) is 0 Å². The molecule has 1 amide bonds. The molecule has 0 spiro atoms. The Bertz CT molecular complexity index is 2560. The normalized spacial score (nSPS) is 28.9. The molecule has 3 aromatic carbocycles. The van der Waals surface area contributed by atoms with Gasteiger partial charge in [-0.3, -0.25) is 14.4 Å². The van der Waals surface area contributed by atoms with E-state index in [2.05, 4.69) is 10.6 Å². The average Bonchev–Trinajstić information content (AvgIpc) is 3.64. The number of Topliss-reactive ketones (excluding diaryl/α,β-unsaturated/α-hetero) is 1. The van der Waals surface area contributed by atoms with Crippen LogP contribution in [0.1, 0.15) is 70.0 Å². The molecule has 0 radical (unpaired) electrons. The number of aromatic hydroxyl groups is 3. The first-order valence-corrected chi connectivity index (χ1v) is 24.8. The summed E-state index contributed by atoms with van der Waals surface area (Å²) in [5.41, 5.74) is 0.0340. The van der Waals surface area contributed by atoms with Gasteiger partial charge in [0.2, 0.25) is 0 Å². The zero-order chi connectivity index (χ0) is 53.9. The van der Waals surface area contributed by atoms with Crippen LogP contribution in [0.3, 0.4) is 0 Å². The van der Waals surface area contributed by atoms with E-state index >= 15 is 0 Å². The molecule has 0 aromatic heterocycles. The number of hydrogen-bond acceptors (Lipinski definition) is 19. The van der Waals surface area contributed by atoms with E-state index < -0.39 is 88.8 Å². The van der Waals surface area contributed by atoms with Crippen molar-refractivity contribution in [2.24, 2.45) is 23.7 Å². The number of hydrogen-bond donors (Lipinski definition) is 7. The second-order valence-corrected chi connectivity index (χ2v) is 18.8. The number of anilines is 2. The Hall–Kier alpha value is -6.13. The SMILES string of the molecule is CO[C@H]1/C=C/O[C@@]2(C)Oc3c(C)c(O)c4c(O)c(c(CNc5ccc6c(c5)OCCOCCOCCOCCOCCO6)c(O)c4c3C2=O)NC(=O)/C(C)=C\C=C\[C@H](C)[C@H](O)[C@@H](C)[C@@H](O)[C@@H](C)[C@H](OC(C)=O)[C@@H]1C. The van der Waals surface area contributed by atoms with Gasteiger partial charge in [-0.15, -0.1) is 0 Å². The summed E-state index contributed by atoms with van der Waals surface area (Å²) < 4.78 is 58.3. The molecule has 74 heavy (non-hydrogen) atoms. The summed E-state index contributed by atoms with van der Waals surface area (Å²) in [5.74, 6) is -7.98. The second-order valence-electron chi connectivity index (χ2n) is 18.8. The van der Waals surface area contributed by atoms with Crippen LogP contribution >= 0.6 is 0 Å². The lowest BCUT2D eigenvalue weighted by molar-refractivity contribution is -0.160. The lowest BCUT2D eigenvalue weighted by Gasteiger charge is -2.38. The molecule has 4 heterocycles. The zero-order valence-corrected chi connectivity index (χ0v) is 43.6. The third-order valence-electron chi connectivity index (χ3n) is 13.6. The average molecular weight is 1040 g/mol. The van der Waals surface area contributed by atoms with E-state index in [-0.39, 0.29) is 77.4 Å². The van der Waals surface area contributed by atoms with Crippen LogP contribution in [0.2, 0.25) is 0 Å². The Kier molecular flexibility index (Phi) is 20.0. The molecule has 0 fully saturated rings. The number of amides is 1. The van der Waals surface area contributed by atoms with E-state index in [0.717, 1.165) is 0 Å². The van der Waals surface area contributed by atoms with E-state index in [1.165, 1.54) is 53.2 Å². The molecule has 20 nitrogen and oxygen atoms in total. The highest BCUT2D eigenvalue weighted by Gasteiger charge is 2.50. The van der Waals surface area contributed by atoms with Crippen LogP contribution in [0.4, 0.5) is 11.4 Å². The van der Waals surface area contributed by atoms with Crippen LogP contribution < -0.4 is 24.8 Å². The van der Waals surface area contributed by atoms with Gasteiger partial charge >= 0.3 is 11.8 Å². The maximum atomic E-state index is 14.7. The summed E-state index contributed by atoms with van der Waals surface area (Å²) in [4.78, 5) is 41.2. The van der Waals surface area contributed by atoms with E-state index in [4.69, 9.17) is 47.4 Å². The summed E-state index contributed by atoms with van der Waals surface area (Å²) in [6, 6.07) is 5.04. The number of ether oxygens (including phenoxy) is 10. The molecule has 0 unspecified atom stereocenters. The summed E-state index contributed by atoms with van der Waals surface area (Å²) in [6.45, 7) is 15.4. The number of phenolic OH excluding ortho intramolecular Hbond substituents is 3. The third-order valence-corrected chi connectivity index (χ3v) is 13.6. The molecule has 4 aliphatic heterocycles. The smallest absolute Gasteiger partial charge is 0.312 e. The Morgan fingerprint density at radius 3 is 2.00 bits per heavy atom. The number of aliphatic hydroxyl groups excluding tert-OH is 2. The van der Waals surface area contributed by atoms with E-state index in [9.17, 15) is 39.9 Å². The van der Waals surface area contributed by atoms with Crippen LogP contribution in [0, 0.1) is 30.6 Å². The lowest BCUT2D eigenvalue weighted by Crippen LogP contribution is -2.46. The zero-order valence-electron chi connectivity index (χ0n) is 43.6. The Morgan fingerprint density at radius 1 is 0.784 bits per heavy atom. The number of esters is 1. The summed E-state index contributed by atoms with van der Waals surface area (Å²) in [7, 11) is 1.43. The minimum absolute atomic E-state index is 0.0238. The maximum Gasteiger partial charge on any atom is 0.312 e. The van der Waals surface area contributed by atoms with Gasteiger partial charge in [0.25, 0.3) is 11.7 Å². The molecular formula is C54H72N2O18. The predicted octanol–water partition coefficient (Wildman–Crippen LogP) is 6.20. The molecule has 406 valence electrons. The maximum absolute atomic E-state index is 14.7. The molecule has 4 aliphatic rings. The Labute approximate surface area is 431 Å². The fourth-order valence-corrected chi connectivity index (χ4v) is 9.18. The van der Waals surface area contributed by atoms with Crippen LogP contribution in [0.5, 0.6) is 34.5 Å². The first-order valence-electron chi connectivity index (χ1n) is 24.8. The van der Waals surface area contributed by atoms with Crippen LogP contribution in [-0.2, 0) is 49.3 Å². The number of carbonyl (C=O) groups excluding carboxylic acids is 3. The highest BCUT2D eigenvalue weighted by Crippen LogP contribution is 2.55. The number of nitrogens with one attached hydrogen (secondary N) is 2. The predicted molar refractivity (Wildman–Crippen MR) is 272 cm³/mol. The topological polar surface area (TPSA) is 269 Å². The summed E-state index contributed by atoms with van der Waals surface area (Å²) >= 11 is 0. The molecule has 0 saturated heterocycles. The Balaban J connectivity index is 1.43. The number of benzene rings is 3. The number of aliphatic hydroxyl groups is 2. The quantitative estimate of drug-likeness (QED) is 0.0851. The van der Waals surface area contributed by atoms with E-state index in [0.29, 0.717) is 56.8 Å². The van der Waals surface area contributed by atoms with Crippen molar-refractivity contribution in [1.29, 1.82) is 0 Å². The molecular weight excluding hydrogens is 965 g/mol. The molecule has 5 bridgehead atoms. The van der Waals surface area contributed by atoms with E-state index in [1.807, 2.05) is 0 Å². The fourth-order valence-electron chi connectivity index (χ4n) is 9.18. The molecule has 9 atom stereocenters. The van der Waals surface area contributed by atoms with Gasteiger partial charge < -0.3 is 83.5 Å². The lowest BCUT2D eigenvalue weighted by atomic mass is 9.78. The van der Waals surface area contributed by atoms with Crippen molar-refractivity contribution in [3.63, 3.8) is 0 Å². The van der Waals surface area contributed by atoms with E-state index in [1.54, 1.807) is 58.0 Å². The molecule has 3 aromatic rings. The molecule has 7 N–H and O–H groups in total. The van der Waals surface area contributed by atoms with Crippen LogP contribution in [0.25, 0.3) is 10.8 Å². The van der Waals surface area contributed by atoms with Gasteiger partial charge in [-0.05, 0) is 32.1 Å². The monoisotopic (exact) mass is 1040 g/mol. The van der Waals surface area contributed by atoms with Gasteiger partial charge in [0.05, 0.1) is 94.1 Å². The molecule has 7 rings (SSSR count). The summed E-state index contributed by atoms with van der Waals surface area (Å²) in [6.07, 6.45) is 3.39. The van der Waals surface area contributed by atoms with Crippen molar-refractivity contribution in [2.75, 3.05) is 83.8 Å². The number of fused-ring (bicyclic) bond motifs is 15. The van der Waals surface area contributed by atoms with Crippen molar-refractivity contribution in [2.45, 2.75) is 92.1 Å².